The second-order valence-electron chi connectivity index (χ2n) is 3.13. The maximum Gasteiger partial charge on any atom is 0.118 e. The van der Waals surface area contributed by atoms with Crippen molar-refractivity contribution in [2.45, 2.75) is 26.2 Å². The molecule has 0 saturated carbocycles. The van der Waals surface area contributed by atoms with E-state index in [0.717, 1.165) is 12.2 Å². The number of rotatable bonds is 3. The van der Waals surface area contributed by atoms with Crippen LogP contribution in [0.4, 0.5) is 0 Å². The van der Waals surface area contributed by atoms with Gasteiger partial charge in [0, 0.05) is 5.92 Å². The summed E-state index contributed by atoms with van der Waals surface area (Å²) in [4.78, 5) is 0. The SMILES string of the molecule is CC#C[C@@H](CC)c1ccc(OC)cc1. The van der Waals surface area contributed by atoms with Gasteiger partial charge >= 0.3 is 0 Å². The molecule has 1 nitrogen and oxygen atoms in total. The zero-order valence-corrected chi connectivity index (χ0v) is 9.00. The molecular weight excluding hydrogens is 172 g/mol. The van der Waals surface area contributed by atoms with Gasteiger partial charge in [-0.05, 0) is 31.0 Å². The zero-order chi connectivity index (χ0) is 10.4. The molecule has 0 amide bonds. The van der Waals surface area contributed by atoms with Crippen LogP contribution < -0.4 is 4.74 Å². The summed E-state index contributed by atoms with van der Waals surface area (Å²) in [6.07, 6.45) is 1.05. The molecule has 0 aliphatic heterocycles. The van der Waals surface area contributed by atoms with Crippen molar-refractivity contribution in [3.8, 4) is 17.6 Å². The van der Waals surface area contributed by atoms with Crippen molar-refractivity contribution in [1.29, 1.82) is 0 Å². The van der Waals surface area contributed by atoms with Gasteiger partial charge in [0.25, 0.3) is 0 Å². The van der Waals surface area contributed by atoms with E-state index >= 15 is 0 Å². The predicted molar refractivity (Wildman–Crippen MR) is 59.5 cm³/mol. The maximum atomic E-state index is 5.11. The standard InChI is InChI=1S/C13H16O/c1-4-6-11(5-2)12-7-9-13(14-3)10-8-12/h7-11H,5H2,1-3H3/t11-/m1/s1. The Morgan fingerprint density at radius 3 is 2.36 bits per heavy atom. The van der Waals surface area contributed by atoms with Crippen LogP contribution in [0.2, 0.25) is 0 Å². The van der Waals surface area contributed by atoms with Crippen LogP contribution >= 0.6 is 0 Å². The highest BCUT2D eigenvalue weighted by atomic mass is 16.5. The third-order valence-electron chi connectivity index (χ3n) is 2.24. The molecule has 0 aliphatic carbocycles. The fourth-order valence-corrected chi connectivity index (χ4v) is 1.43. The van der Waals surface area contributed by atoms with Crippen LogP contribution in [0.15, 0.2) is 24.3 Å². The summed E-state index contributed by atoms with van der Waals surface area (Å²) in [5, 5.41) is 0. The first kappa shape index (κ1) is 10.7. The number of hydrogen-bond acceptors (Lipinski definition) is 1. The molecule has 1 aromatic rings. The van der Waals surface area contributed by atoms with E-state index in [4.69, 9.17) is 4.74 Å². The summed E-state index contributed by atoms with van der Waals surface area (Å²) < 4.78 is 5.11. The Morgan fingerprint density at radius 2 is 1.93 bits per heavy atom. The molecule has 14 heavy (non-hydrogen) atoms. The number of benzene rings is 1. The average Bonchev–Trinajstić information content (AvgIpc) is 2.26. The molecule has 0 N–H and O–H groups in total. The Balaban J connectivity index is 2.87. The Hall–Kier alpha value is -1.42. The smallest absolute Gasteiger partial charge is 0.118 e. The summed E-state index contributed by atoms with van der Waals surface area (Å²) in [5.74, 6) is 7.41. The van der Waals surface area contributed by atoms with Crippen molar-refractivity contribution < 1.29 is 4.74 Å². The van der Waals surface area contributed by atoms with Crippen LogP contribution in [-0.2, 0) is 0 Å². The Labute approximate surface area is 86.1 Å². The molecule has 0 saturated heterocycles. The number of methoxy groups -OCH3 is 1. The van der Waals surface area contributed by atoms with Gasteiger partial charge in [-0.15, -0.1) is 5.92 Å². The molecule has 0 fully saturated rings. The first-order valence-electron chi connectivity index (χ1n) is 4.88. The van der Waals surface area contributed by atoms with Gasteiger partial charge in [-0.2, -0.15) is 0 Å². The number of ether oxygens (including phenoxy) is 1. The molecule has 1 rings (SSSR count). The lowest BCUT2D eigenvalue weighted by Gasteiger charge is -2.08. The fourth-order valence-electron chi connectivity index (χ4n) is 1.43. The van der Waals surface area contributed by atoms with E-state index in [1.54, 1.807) is 7.11 Å². The molecule has 1 atom stereocenters. The highest BCUT2D eigenvalue weighted by molar-refractivity contribution is 5.33. The molecule has 0 aliphatic rings. The van der Waals surface area contributed by atoms with Crippen LogP contribution in [0.3, 0.4) is 0 Å². The van der Waals surface area contributed by atoms with Crippen molar-refractivity contribution in [3.05, 3.63) is 29.8 Å². The van der Waals surface area contributed by atoms with E-state index < -0.39 is 0 Å². The van der Waals surface area contributed by atoms with Gasteiger partial charge in [-0.1, -0.05) is 25.0 Å². The minimum absolute atomic E-state index is 0.353. The molecular formula is C13H16O. The Bertz CT molecular complexity index is 326. The van der Waals surface area contributed by atoms with Crippen molar-refractivity contribution in [1.82, 2.24) is 0 Å². The first-order chi connectivity index (χ1) is 6.81. The van der Waals surface area contributed by atoms with Gasteiger partial charge in [0.1, 0.15) is 5.75 Å². The second kappa shape index (κ2) is 5.34. The lowest BCUT2D eigenvalue weighted by atomic mass is 9.97. The van der Waals surface area contributed by atoms with Crippen molar-refractivity contribution in [2.24, 2.45) is 0 Å². The summed E-state index contributed by atoms with van der Waals surface area (Å²) in [5.41, 5.74) is 1.27. The molecule has 74 valence electrons. The third kappa shape index (κ3) is 2.53. The maximum absolute atomic E-state index is 5.11. The second-order valence-corrected chi connectivity index (χ2v) is 3.13. The molecule has 0 bridgehead atoms. The summed E-state index contributed by atoms with van der Waals surface area (Å²) in [6.45, 7) is 4.03. The minimum Gasteiger partial charge on any atom is -0.497 e. The highest BCUT2D eigenvalue weighted by Crippen LogP contribution is 2.21. The zero-order valence-electron chi connectivity index (χ0n) is 9.00. The Morgan fingerprint density at radius 1 is 1.29 bits per heavy atom. The first-order valence-corrected chi connectivity index (χ1v) is 4.88. The average molecular weight is 188 g/mol. The lowest BCUT2D eigenvalue weighted by molar-refractivity contribution is 0.414. The predicted octanol–water partition coefficient (Wildman–Crippen LogP) is 3.21. The topological polar surface area (TPSA) is 9.23 Å². The lowest BCUT2D eigenvalue weighted by Crippen LogP contribution is -1.93. The van der Waals surface area contributed by atoms with E-state index in [9.17, 15) is 0 Å². The summed E-state index contributed by atoms with van der Waals surface area (Å²) in [7, 11) is 1.68. The van der Waals surface area contributed by atoms with Gasteiger partial charge in [0.2, 0.25) is 0 Å². The van der Waals surface area contributed by atoms with Gasteiger partial charge in [0.15, 0.2) is 0 Å². The van der Waals surface area contributed by atoms with E-state index in [1.165, 1.54) is 5.56 Å². The van der Waals surface area contributed by atoms with E-state index in [0.29, 0.717) is 5.92 Å². The molecule has 0 radical (unpaired) electrons. The summed E-state index contributed by atoms with van der Waals surface area (Å²) >= 11 is 0. The Kier molecular flexibility index (Phi) is 4.07. The molecule has 0 spiro atoms. The monoisotopic (exact) mass is 188 g/mol. The van der Waals surface area contributed by atoms with Gasteiger partial charge in [-0.3, -0.25) is 0 Å². The molecule has 0 unspecified atom stereocenters. The third-order valence-corrected chi connectivity index (χ3v) is 2.24. The van der Waals surface area contributed by atoms with Crippen LogP contribution in [0, 0.1) is 11.8 Å². The summed E-state index contributed by atoms with van der Waals surface area (Å²) in [6, 6.07) is 8.12. The van der Waals surface area contributed by atoms with Crippen LogP contribution in [-0.4, -0.2) is 7.11 Å². The van der Waals surface area contributed by atoms with Crippen molar-refractivity contribution in [2.75, 3.05) is 7.11 Å². The fraction of sp³-hybridized carbons (Fsp3) is 0.385. The van der Waals surface area contributed by atoms with Crippen LogP contribution in [0.25, 0.3) is 0 Å². The quantitative estimate of drug-likeness (QED) is 0.662. The number of hydrogen-bond donors (Lipinski definition) is 0. The van der Waals surface area contributed by atoms with Gasteiger partial charge < -0.3 is 4.74 Å². The molecule has 1 aromatic carbocycles. The van der Waals surface area contributed by atoms with E-state index in [2.05, 4.69) is 30.9 Å². The highest BCUT2D eigenvalue weighted by Gasteiger charge is 2.04. The van der Waals surface area contributed by atoms with E-state index in [1.807, 2.05) is 19.1 Å². The largest absolute Gasteiger partial charge is 0.497 e. The van der Waals surface area contributed by atoms with Crippen LogP contribution in [0.5, 0.6) is 5.75 Å². The minimum atomic E-state index is 0.353. The molecule has 0 aromatic heterocycles. The van der Waals surface area contributed by atoms with Crippen LogP contribution in [0.1, 0.15) is 31.7 Å². The van der Waals surface area contributed by atoms with Crippen molar-refractivity contribution >= 4 is 0 Å². The van der Waals surface area contributed by atoms with Gasteiger partial charge in [0.05, 0.1) is 7.11 Å². The normalized spacial score (nSPS) is 11.4. The van der Waals surface area contributed by atoms with E-state index in [-0.39, 0.29) is 0 Å². The molecule has 0 heterocycles. The molecule has 1 heteroatoms. The van der Waals surface area contributed by atoms with Crippen molar-refractivity contribution in [3.63, 3.8) is 0 Å². The van der Waals surface area contributed by atoms with Gasteiger partial charge in [-0.25, -0.2) is 0 Å².